The van der Waals surface area contributed by atoms with Crippen LogP contribution in [-0.4, -0.2) is 30.4 Å². The van der Waals surface area contributed by atoms with E-state index in [9.17, 15) is 4.79 Å². The molecule has 3 nitrogen and oxygen atoms in total. The number of fused-ring (bicyclic) bond motifs is 5. The fraction of sp³-hybridized carbons (Fsp3) is 0.611. The van der Waals surface area contributed by atoms with Gasteiger partial charge in [-0.2, -0.15) is 0 Å². The number of Topliss-reactive ketones (excluding diaryl/α,β-unsaturated/α-hetero) is 1. The number of carbonyl (C=O) groups excluding carboxylic acids is 1. The third-order valence-corrected chi connectivity index (χ3v) is 6.10. The van der Waals surface area contributed by atoms with E-state index in [2.05, 4.69) is 30.0 Å². The molecule has 3 aliphatic rings. The van der Waals surface area contributed by atoms with Gasteiger partial charge in [0.2, 0.25) is 0 Å². The van der Waals surface area contributed by atoms with E-state index in [1.807, 2.05) is 0 Å². The summed E-state index contributed by atoms with van der Waals surface area (Å²) >= 11 is 0. The molecule has 1 aromatic carbocycles. The molecule has 0 N–H and O–H groups in total. The zero-order valence-corrected chi connectivity index (χ0v) is 12.9. The molecule has 21 heavy (non-hydrogen) atoms. The number of carbonyl (C=O) groups is 1. The molecule has 3 heteroatoms. The lowest BCUT2D eigenvalue weighted by Crippen LogP contribution is -2.53. The average Bonchev–Trinajstić information content (AvgIpc) is 2.82. The first-order valence-corrected chi connectivity index (χ1v) is 8.09. The summed E-state index contributed by atoms with van der Waals surface area (Å²) in [5.41, 5.74) is 2.81. The molecule has 0 bridgehead atoms. The van der Waals surface area contributed by atoms with Gasteiger partial charge in [-0.25, -0.2) is 0 Å². The number of piperidine rings is 1. The third kappa shape index (κ3) is 1.80. The average molecular weight is 285 g/mol. The minimum atomic E-state index is -0.0829. The molecular formula is C18H23NO2. The summed E-state index contributed by atoms with van der Waals surface area (Å²) in [7, 11) is 1.73. The molecule has 2 heterocycles. The number of hydrogen-bond donors (Lipinski definition) is 0. The number of benzene rings is 1. The Morgan fingerprint density at radius 2 is 2.14 bits per heavy atom. The van der Waals surface area contributed by atoms with Crippen molar-refractivity contribution in [2.24, 2.45) is 5.41 Å². The Morgan fingerprint density at radius 3 is 2.95 bits per heavy atom. The van der Waals surface area contributed by atoms with E-state index >= 15 is 0 Å². The predicted molar refractivity (Wildman–Crippen MR) is 81.5 cm³/mol. The minimum absolute atomic E-state index is 0.0829. The molecule has 0 amide bonds. The molecule has 3 atom stereocenters. The highest BCUT2D eigenvalue weighted by molar-refractivity contribution is 5.87. The van der Waals surface area contributed by atoms with Crippen molar-refractivity contribution in [2.75, 3.05) is 13.7 Å². The maximum atomic E-state index is 12.3. The van der Waals surface area contributed by atoms with Crippen molar-refractivity contribution in [1.82, 2.24) is 4.90 Å². The number of hydrogen-bond acceptors (Lipinski definition) is 3. The highest BCUT2D eigenvalue weighted by atomic mass is 16.5. The summed E-state index contributed by atoms with van der Waals surface area (Å²) in [6, 6.07) is 7.48. The topological polar surface area (TPSA) is 29.5 Å². The normalized spacial score (nSPS) is 35.0. The SMILES string of the molecule is COc1ccc2c(c1)CCN1C2CCC2(C)C(=O)CCC12. The Labute approximate surface area is 126 Å². The van der Waals surface area contributed by atoms with Crippen molar-refractivity contribution in [1.29, 1.82) is 0 Å². The van der Waals surface area contributed by atoms with Gasteiger partial charge in [0.05, 0.1) is 7.11 Å². The highest BCUT2D eigenvalue weighted by Crippen LogP contribution is 2.52. The smallest absolute Gasteiger partial charge is 0.140 e. The summed E-state index contributed by atoms with van der Waals surface area (Å²) in [5, 5.41) is 0. The summed E-state index contributed by atoms with van der Waals surface area (Å²) in [5.74, 6) is 1.45. The van der Waals surface area contributed by atoms with Gasteiger partial charge in [0.15, 0.2) is 0 Å². The number of nitrogens with zero attached hydrogens (tertiary/aromatic N) is 1. The van der Waals surface area contributed by atoms with Crippen LogP contribution in [0.5, 0.6) is 5.75 Å². The van der Waals surface area contributed by atoms with Crippen molar-refractivity contribution in [2.45, 2.75) is 51.1 Å². The molecule has 0 radical (unpaired) electrons. The highest BCUT2D eigenvalue weighted by Gasteiger charge is 2.53. The maximum absolute atomic E-state index is 12.3. The van der Waals surface area contributed by atoms with Gasteiger partial charge >= 0.3 is 0 Å². The van der Waals surface area contributed by atoms with Crippen LogP contribution in [0.15, 0.2) is 18.2 Å². The van der Waals surface area contributed by atoms with Crippen LogP contribution in [-0.2, 0) is 11.2 Å². The Bertz CT molecular complexity index is 597. The molecule has 4 rings (SSSR count). The molecule has 0 aromatic heterocycles. The van der Waals surface area contributed by atoms with Crippen molar-refractivity contribution in [3.8, 4) is 5.75 Å². The van der Waals surface area contributed by atoms with Gasteiger partial charge in [-0.3, -0.25) is 9.69 Å². The van der Waals surface area contributed by atoms with E-state index in [0.29, 0.717) is 17.9 Å². The number of methoxy groups -OCH3 is 1. The van der Waals surface area contributed by atoms with Gasteiger partial charge in [-0.05, 0) is 48.9 Å². The fourth-order valence-corrected chi connectivity index (χ4v) is 4.86. The fourth-order valence-electron chi connectivity index (χ4n) is 4.86. The van der Waals surface area contributed by atoms with E-state index < -0.39 is 0 Å². The zero-order chi connectivity index (χ0) is 14.6. The van der Waals surface area contributed by atoms with Crippen molar-refractivity contribution in [3.63, 3.8) is 0 Å². The molecular weight excluding hydrogens is 262 g/mol. The van der Waals surface area contributed by atoms with Gasteiger partial charge in [0, 0.05) is 30.5 Å². The van der Waals surface area contributed by atoms with Gasteiger partial charge in [0.25, 0.3) is 0 Å². The second kappa shape index (κ2) is 4.57. The Morgan fingerprint density at radius 1 is 1.29 bits per heavy atom. The molecule has 1 saturated carbocycles. The Balaban J connectivity index is 1.70. The van der Waals surface area contributed by atoms with Crippen LogP contribution in [0.3, 0.4) is 0 Å². The summed E-state index contributed by atoms with van der Waals surface area (Å²) in [6.45, 7) is 3.28. The number of rotatable bonds is 1. The molecule has 1 aromatic rings. The molecule has 0 spiro atoms. The molecule has 2 aliphatic heterocycles. The predicted octanol–water partition coefficient (Wildman–Crippen LogP) is 3.13. The molecule has 1 aliphatic carbocycles. The van der Waals surface area contributed by atoms with Crippen LogP contribution in [0.2, 0.25) is 0 Å². The maximum Gasteiger partial charge on any atom is 0.140 e. The number of ketones is 1. The summed E-state index contributed by atoms with van der Waals surface area (Å²) in [4.78, 5) is 14.9. The standard InChI is InChI=1S/C18H23NO2/c1-18-9-7-15-14-4-3-13(21-2)11-12(14)8-10-19(15)16(18)5-6-17(18)20/h3-4,11,15-16H,5-10H2,1-2H3. The molecule has 2 fully saturated rings. The van der Waals surface area contributed by atoms with Crippen molar-refractivity contribution < 1.29 is 9.53 Å². The van der Waals surface area contributed by atoms with Gasteiger partial charge in [-0.1, -0.05) is 13.0 Å². The van der Waals surface area contributed by atoms with Crippen molar-refractivity contribution in [3.05, 3.63) is 29.3 Å². The molecule has 1 saturated heterocycles. The van der Waals surface area contributed by atoms with E-state index in [0.717, 1.165) is 44.4 Å². The lowest BCUT2D eigenvalue weighted by atomic mass is 9.71. The first-order chi connectivity index (χ1) is 10.1. The first kappa shape index (κ1) is 13.3. The quantitative estimate of drug-likeness (QED) is 0.794. The lowest BCUT2D eigenvalue weighted by molar-refractivity contribution is -0.130. The Kier molecular flexibility index (Phi) is 2.90. The van der Waals surface area contributed by atoms with Gasteiger partial charge < -0.3 is 4.74 Å². The zero-order valence-electron chi connectivity index (χ0n) is 12.9. The summed E-state index contributed by atoms with van der Waals surface area (Å²) < 4.78 is 5.36. The van der Waals surface area contributed by atoms with E-state index in [1.165, 1.54) is 11.1 Å². The van der Waals surface area contributed by atoms with Crippen LogP contribution in [0.1, 0.15) is 49.8 Å². The van der Waals surface area contributed by atoms with Crippen LogP contribution in [0.25, 0.3) is 0 Å². The molecule has 112 valence electrons. The third-order valence-electron chi connectivity index (χ3n) is 6.10. The van der Waals surface area contributed by atoms with E-state index in [-0.39, 0.29) is 5.41 Å². The van der Waals surface area contributed by atoms with Crippen LogP contribution in [0, 0.1) is 5.41 Å². The van der Waals surface area contributed by atoms with Gasteiger partial charge in [-0.15, -0.1) is 0 Å². The van der Waals surface area contributed by atoms with E-state index in [1.54, 1.807) is 7.11 Å². The second-order valence-corrected chi connectivity index (χ2v) is 7.00. The van der Waals surface area contributed by atoms with Crippen molar-refractivity contribution >= 4 is 5.78 Å². The van der Waals surface area contributed by atoms with Gasteiger partial charge in [0.1, 0.15) is 11.5 Å². The second-order valence-electron chi connectivity index (χ2n) is 7.00. The minimum Gasteiger partial charge on any atom is -0.497 e. The Hall–Kier alpha value is -1.35. The van der Waals surface area contributed by atoms with Crippen LogP contribution >= 0.6 is 0 Å². The largest absolute Gasteiger partial charge is 0.497 e. The summed E-state index contributed by atoms with van der Waals surface area (Å²) in [6.07, 6.45) is 5.06. The monoisotopic (exact) mass is 285 g/mol. The van der Waals surface area contributed by atoms with E-state index in [4.69, 9.17) is 4.74 Å². The molecule has 3 unspecified atom stereocenters. The first-order valence-electron chi connectivity index (χ1n) is 8.09. The van der Waals surface area contributed by atoms with Crippen LogP contribution < -0.4 is 4.74 Å². The van der Waals surface area contributed by atoms with Crippen LogP contribution in [0.4, 0.5) is 0 Å². The number of ether oxygens (including phenoxy) is 1. The lowest BCUT2D eigenvalue weighted by Gasteiger charge is -2.51.